The van der Waals surface area contributed by atoms with E-state index in [2.05, 4.69) is 19.1 Å². The van der Waals surface area contributed by atoms with Crippen molar-refractivity contribution in [1.82, 2.24) is 0 Å². The summed E-state index contributed by atoms with van der Waals surface area (Å²) in [5.74, 6) is -0.570. The first-order valence-corrected chi connectivity index (χ1v) is 10.9. The van der Waals surface area contributed by atoms with Crippen LogP contribution in [-0.2, 0) is 4.79 Å². The molecule has 154 valence electrons. The van der Waals surface area contributed by atoms with E-state index in [4.69, 9.17) is 16.7 Å². The van der Waals surface area contributed by atoms with Crippen LogP contribution in [0.15, 0.2) is 24.3 Å². The van der Waals surface area contributed by atoms with Gasteiger partial charge in [-0.2, -0.15) is 0 Å². The van der Waals surface area contributed by atoms with Gasteiger partial charge in [0.1, 0.15) is 0 Å². The first kappa shape index (κ1) is 22.4. The van der Waals surface area contributed by atoms with E-state index in [1.165, 1.54) is 6.42 Å². The number of aliphatic hydroxyl groups excluding tert-OH is 2. The summed E-state index contributed by atoms with van der Waals surface area (Å²) in [6, 6.07) is 0. The lowest BCUT2D eigenvalue weighted by atomic mass is 9.63. The molecule has 0 heterocycles. The molecule has 0 aromatic heterocycles. The molecule has 0 aliphatic heterocycles. The third-order valence-corrected chi connectivity index (χ3v) is 7.19. The summed E-state index contributed by atoms with van der Waals surface area (Å²) in [5.41, 5.74) is 0.103. The molecule has 2 aliphatic rings. The van der Waals surface area contributed by atoms with Crippen LogP contribution >= 0.6 is 11.6 Å². The Morgan fingerprint density at radius 1 is 1.30 bits per heavy atom. The standard InChI is InChI=1S/C22H35ClO4/c1-2-22(13-8-14-22)20(25)11-7-10-17-16(18(23)15-19(17)24)9-5-3-4-6-12-21(26)27/h3,5,7,10,16-20,24-25H,2,4,6,8-9,11-15H2,1H3,(H,26,27)/b5-3-,10-7+/t16-,17-,18-,19-,20?/m1/s1. The highest BCUT2D eigenvalue weighted by Crippen LogP contribution is 2.47. The molecule has 0 amide bonds. The largest absolute Gasteiger partial charge is 0.481 e. The van der Waals surface area contributed by atoms with Crippen molar-refractivity contribution in [3.63, 3.8) is 0 Å². The Labute approximate surface area is 168 Å². The van der Waals surface area contributed by atoms with Gasteiger partial charge < -0.3 is 15.3 Å². The van der Waals surface area contributed by atoms with Gasteiger partial charge in [0.2, 0.25) is 0 Å². The molecule has 5 heteroatoms. The molecule has 5 atom stereocenters. The second-order valence-electron chi connectivity index (χ2n) is 8.30. The molecule has 2 rings (SSSR count). The average Bonchev–Trinajstić information content (AvgIpc) is 2.84. The Morgan fingerprint density at radius 3 is 2.63 bits per heavy atom. The minimum atomic E-state index is -0.762. The predicted octanol–water partition coefficient (Wildman–Crippen LogP) is 4.68. The van der Waals surface area contributed by atoms with Crippen molar-refractivity contribution in [3.05, 3.63) is 24.3 Å². The Kier molecular flexibility index (Phi) is 8.84. The van der Waals surface area contributed by atoms with Crippen LogP contribution in [0.5, 0.6) is 0 Å². The molecule has 0 aromatic carbocycles. The first-order chi connectivity index (χ1) is 12.9. The highest BCUT2D eigenvalue weighted by molar-refractivity contribution is 6.21. The molecule has 2 aliphatic carbocycles. The summed E-state index contributed by atoms with van der Waals surface area (Å²) in [6.07, 6.45) is 15.5. The van der Waals surface area contributed by atoms with Gasteiger partial charge in [0.05, 0.1) is 12.2 Å². The fourth-order valence-corrected chi connectivity index (χ4v) is 5.03. The maximum atomic E-state index is 10.5. The van der Waals surface area contributed by atoms with Gasteiger partial charge in [0.25, 0.3) is 0 Å². The van der Waals surface area contributed by atoms with Crippen LogP contribution in [0, 0.1) is 17.3 Å². The number of aliphatic carboxylic acids is 1. The molecule has 2 saturated carbocycles. The van der Waals surface area contributed by atoms with E-state index in [1.807, 2.05) is 12.2 Å². The van der Waals surface area contributed by atoms with Crippen molar-refractivity contribution in [1.29, 1.82) is 0 Å². The lowest BCUT2D eigenvalue weighted by Gasteiger charge is -2.45. The zero-order valence-corrected chi connectivity index (χ0v) is 17.2. The van der Waals surface area contributed by atoms with Crippen molar-refractivity contribution in [2.75, 3.05) is 0 Å². The van der Waals surface area contributed by atoms with Crippen LogP contribution in [0.3, 0.4) is 0 Å². The summed E-state index contributed by atoms with van der Waals surface area (Å²) >= 11 is 6.46. The van der Waals surface area contributed by atoms with Crippen molar-refractivity contribution < 1.29 is 20.1 Å². The lowest BCUT2D eigenvalue weighted by Crippen LogP contribution is -2.40. The normalized spacial score (nSPS) is 31.4. The van der Waals surface area contributed by atoms with E-state index in [0.717, 1.165) is 32.1 Å². The monoisotopic (exact) mass is 398 g/mol. The summed E-state index contributed by atoms with van der Waals surface area (Å²) in [4.78, 5) is 10.5. The van der Waals surface area contributed by atoms with Crippen LogP contribution in [-0.4, -0.2) is 38.9 Å². The number of alkyl halides is 1. The molecule has 0 bridgehead atoms. The molecule has 0 spiro atoms. The maximum absolute atomic E-state index is 10.5. The topological polar surface area (TPSA) is 77.8 Å². The molecule has 1 unspecified atom stereocenters. The van der Waals surface area contributed by atoms with Gasteiger partial charge in [0.15, 0.2) is 0 Å². The van der Waals surface area contributed by atoms with Crippen LogP contribution < -0.4 is 0 Å². The zero-order chi connectivity index (χ0) is 19.9. The van der Waals surface area contributed by atoms with Gasteiger partial charge in [-0.3, -0.25) is 4.79 Å². The third kappa shape index (κ3) is 6.07. The number of hydrogen-bond acceptors (Lipinski definition) is 3. The smallest absolute Gasteiger partial charge is 0.303 e. The van der Waals surface area contributed by atoms with E-state index in [0.29, 0.717) is 19.3 Å². The second-order valence-corrected chi connectivity index (χ2v) is 8.86. The van der Waals surface area contributed by atoms with Crippen molar-refractivity contribution in [2.45, 2.75) is 88.7 Å². The number of halogens is 1. The number of allylic oxidation sites excluding steroid dienone is 2. The molecule has 27 heavy (non-hydrogen) atoms. The Hall–Kier alpha value is -0.840. The molecule has 2 fully saturated rings. The first-order valence-electron chi connectivity index (χ1n) is 10.4. The van der Waals surface area contributed by atoms with Crippen LogP contribution in [0.1, 0.15) is 71.1 Å². The predicted molar refractivity (Wildman–Crippen MR) is 109 cm³/mol. The SMILES string of the molecule is CCC1(C(O)C/C=C/[C@@H]2[C@@H](C/C=C\CCCC(=O)O)[C@H](Cl)C[C@H]2O)CCC1. The highest BCUT2D eigenvalue weighted by Gasteiger charge is 2.42. The molecule has 0 aromatic rings. The number of carboxylic acid groups (broad SMARTS) is 1. The van der Waals surface area contributed by atoms with Crippen LogP contribution in [0.4, 0.5) is 0 Å². The number of carboxylic acids is 1. The van der Waals surface area contributed by atoms with Gasteiger partial charge in [-0.15, -0.1) is 11.6 Å². The minimum absolute atomic E-state index is 0.0161. The maximum Gasteiger partial charge on any atom is 0.303 e. The fraction of sp³-hybridized carbons (Fsp3) is 0.773. The van der Waals surface area contributed by atoms with E-state index < -0.39 is 12.1 Å². The number of carbonyl (C=O) groups is 1. The fourth-order valence-electron chi connectivity index (χ4n) is 4.58. The quantitative estimate of drug-likeness (QED) is 0.268. The highest BCUT2D eigenvalue weighted by atomic mass is 35.5. The van der Waals surface area contributed by atoms with Gasteiger partial charge in [0, 0.05) is 17.7 Å². The summed E-state index contributed by atoms with van der Waals surface area (Å²) in [6.45, 7) is 2.16. The Balaban J connectivity index is 1.83. The summed E-state index contributed by atoms with van der Waals surface area (Å²) in [5, 5.41) is 29.5. The molecule has 0 radical (unpaired) electrons. The second kappa shape index (κ2) is 10.6. The molecular weight excluding hydrogens is 364 g/mol. The minimum Gasteiger partial charge on any atom is -0.481 e. The van der Waals surface area contributed by atoms with Crippen LogP contribution in [0.2, 0.25) is 0 Å². The van der Waals surface area contributed by atoms with Crippen molar-refractivity contribution in [2.24, 2.45) is 17.3 Å². The zero-order valence-electron chi connectivity index (χ0n) is 16.4. The average molecular weight is 399 g/mol. The van der Waals surface area contributed by atoms with Crippen molar-refractivity contribution >= 4 is 17.6 Å². The third-order valence-electron chi connectivity index (χ3n) is 6.68. The van der Waals surface area contributed by atoms with Crippen molar-refractivity contribution in [3.8, 4) is 0 Å². The van der Waals surface area contributed by atoms with E-state index in [-0.39, 0.29) is 35.2 Å². The number of unbranched alkanes of at least 4 members (excludes halogenated alkanes) is 1. The summed E-state index contributed by atoms with van der Waals surface area (Å²) in [7, 11) is 0. The number of aliphatic hydroxyl groups is 2. The van der Waals surface area contributed by atoms with Gasteiger partial charge in [-0.1, -0.05) is 37.6 Å². The van der Waals surface area contributed by atoms with Gasteiger partial charge in [-0.25, -0.2) is 0 Å². The molecular formula is C22H35ClO4. The van der Waals surface area contributed by atoms with E-state index in [9.17, 15) is 15.0 Å². The van der Waals surface area contributed by atoms with E-state index in [1.54, 1.807) is 0 Å². The Morgan fingerprint density at radius 2 is 2.04 bits per heavy atom. The van der Waals surface area contributed by atoms with E-state index >= 15 is 0 Å². The molecule has 0 saturated heterocycles. The van der Waals surface area contributed by atoms with Crippen LogP contribution in [0.25, 0.3) is 0 Å². The summed E-state index contributed by atoms with van der Waals surface area (Å²) < 4.78 is 0. The van der Waals surface area contributed by atoms with Gasteiger partial charge in [-0.05, 0) is 62.7 Å². The lowest BCUT2D eigenvalue weighted by molar-refractivity contribution is -0.137. The molecule has 3 N–H and O–H groups in total. The Bertz CT molecular complexity index is 521. The number of rotatable bonds is 11. The molecule has 4 nitrogen and oxygen atoms in total. The van der Waals surface area contributed by atoms with Gasteiger partial charge >= 0.3 is 5.97 Å². The number of hydrogen-bond donors (Lipinski definition) is 3.